The number of nitriles is 1. The number of benzene rings is 1. The van der Waals surface area contributed by atoms with Crippen molar-refractivity contribution in [3.05, 3.63) is 77.2 Å². The number of carbonyl (C=O) groups excluding carboxylic acids is 2. The summed E-state index contributed by atoms with van der Waals surface area (Å²) in [4.78, 5) is 27.3. The number of nitrogens with zero attached hydrogens (tertiary/aromatic N) is 3. The summed E-state index contributed by atoms with van der Waals surface area (Å²) in [5.41, 5.74) is 4.30. The maximum absolute atomic E-state index is 13.4. The lowest BCUT2D eigenvalue weighted by molar-refractivity contribution is -0.138. The number of nitrogens with one attached hydrogen (secondary N) is 1. The molecule has 202 valence electrons. The van der Waals surface area contributed by atoms with Crippen LogP contribution in [-0.4, -0.2) is 56.3 Å². The Morgan fingerprint density at radius 2 is 1.95 bits per heavy atom. The molecule has 3 N–H and O–H groups in total. The molecule has 1 aromatic carbocycles. The minimum atomic E-state index is -4.69. The fourth-order valence-corrected chi connectivity index (χ4v) is 3.63. The van der Waals surface area contributed by atoms with Crippen LogP contribution in [0.4, 0.5) is 23.7 Å². The number of methoxy groups -OCH3 is 2. The molecule has 1 aromatic rings. The van der Waals surface area contributed by atoms with Crippen LogP contribution in [-0.2, 0) is 25.2 Å². The summed E-state index contributed by atoms with van der Waals surface area (Å²) in [5, 5.41) is 18.0. The molecule has 0 spiro atoms. The molecule has 0 aliphatic carbocycles. The number of rotatable bonds is 9. The van der Waals surface area contributed by atoms with Gasteiger partial charge in [0.1, 0.15) is 18.4 Å². The van der Waals surface area contributed by atoms with Crippen LogP contribution in [0.1, 0.15) is 12.5 Å². The minimum absolute atomic E-state index is 0.0156. The van der Waals surface area contributed by atoms with Crippen LogP contribution in [0.25, 0.3) is 0 Å². The van der Waals surface area contributed by atoms with E-state index in [1.807, 2.05) is 6.07 Å². The van der Waals surface area contributed by atoms with Gasteiger partial charge in [-0.05, 0) is 37.3 Å². The minimum Gasteiger partial charge on any atom is -0.493 e. The summed E-state index contributed by atoms with van der Waals surface area (Å²) < 4.78 is 55.9. The van der Waals surface area contributed by atoms with E-state index >= 15 is 0 Å². The summed E-state index contributed by atoms with van der Waals surface area (Å²) in [6.07, 6.45) is -0.833. The number of esters is 1. The van der Waals surface area contributed by atoms with Crippen LogP contribution in [0, 0.1) is 16.7 Å². The molecule has 2 rings (SSSR count). The fourth-order valence-electron chi connectivity index (χ4n) is 3.63. The molecule has 0 radical (unpaired) electrons. The van der Waals surface area contributed by atoms with Gasteiger partial charge in [0.05, 0.1) is 36.5 Å². The van der Waals surface area contributed by atoms with Gasteiger partial charge in [-0.2, -0.15) is 18.4 Å². The molecular formula is C25H26F3N5O5. The van der Waals surface area contributed by atoms with Crippen molar-refractivity contribution in [2.24, 2.45) is 5.73 Å². The number of ether oxygens (including phenoxy) is 3. The van der Waals surface area contributed by atoms with Gasteiger partial charge in [-0.3, -0.25) is 10.3 Å². The number of primary amides is 1. The topological polar surface area (TPSA) is 142 Å². The third-order valence-electron chi connectivity index (χ3n) is 5.37. The number of guanidine groups is 1. The maximum atomic E-state index is 13.4. The molecule has 38 heavy (non-hydrogen) atoms. The number of halogens is 3. The highest BCUT2D eigenvalue weighted by atomic mass is 19.4. The first kappa shape index (κ1) is 29.7. The molecule has 1 heterocycles. The molecule has 2 amide bonds. The lowest BCUT2D eigenvalue weighted by atomic mass is 9.96. The number of hydrogen-bond donors (Lipinski definition) is 2. The number of anilines is 1. The zero-order valence-electron chi connectivity index (χ0n) is 20.8. The lowest BCUT2D eigenvalue weighted by Crippen LogP contribution is -2.59. The second-order valence-electron chi connectivity index (χ2n) is 7.66. The van der Waals surface area contributed by atoms with Crippen LogP contribution in [0.5, 0.6) is 0 Å². The average molecular weight is 534 g/mol. The zero-order chi connectivity index (χ0) is 28.6. The number of nitrogens with two attached hydrogens (primary N) is 1. The average Bonchev–Trinajstić information content (AvgIpc) is 2.87. The number of carbonyl (C=O) groups is 2. The molecule has 10 nitrogen and oxygen atoms in total. The highest BCUT2D eigenvalue weighted by molar-refractivity contribution is 6.10. The van der Waals surface area contributed by atoms with Crippen molar-refractivity contribution in [2.75, 3.05) is 32.3 Å². The summed E-state index contributed by atoms with van der Waals surface area (Å²) in [5.74, 6) is -1.71. The quantitative estimate of drug-likeness (QED) is 0.161. The second-order valence-corrected chi connectivity index (χ2v) is 7.66. The van der Waals surface area contributed by atoms with Crippen molar-refractivity contribution in [3.63, 3.8) is 0 Å². The molecule has 1 aliphatic heterocycles. The Bertz CT molecular complexity index is 1250. The maximum Gasteiger partial charge on any atom is 0.416 e. The van der Waals surface area contributed by atoms with E-state index < -0.39 is 35.7 Å². The SMILES string of the molecule is C=C/C(C#N)=C\C=C(/OCCOC)C1C(C(=O)OC)=C(C)N(c2cccc(C(F)(F)F)c2)C(=N)N1C(N)=O. The first-order valence-corrected chi connectivity index (χ1v) is 10.9. The van der Waals surface area contributed by atoms with Crippen LogP contribution in [0.2, 0.25) is 0 Å². The highest BCUT2D eigenvalue weighted by Crippen LogP contribution is 2.37. The van der Waals surface area contributed by atoms with Gasteiger partial charge in [-0.25, -0.2) is 14.5 Å². The van der Waals surface area contributed by atoms with Gasteiger partial charge >= 0.3 is 18.2 Å². The van der Waals surface area contributed by atoms with Crippen molar-refractivity contribution in [3.8, 4) is 6.07 Å². The summed E-state index contributed by atoms with van der Waals surface area (Å²) in [7, 11) is 2.49. The van der Waals surface area contributed by atoms with Gasteiger partial charge in [0, 0.05) is 18.5 Å². The molecular weight excluding hydrogens is 507 g/mol. The van der Waals surface area contributed by atoms with Crippen molar-refractivity contribution in [2.45, 2.75) is 19.1 Å². The Morgan fingerprint density at radius 3 is 2.47 bits per heavy atom. The van der Waals surface area contributed by atoms with Crippen molar-refractivity contribution < 1.29 is 37.0 Å². The summed E-state index contributed by atoms with van der Waals surface area (Å²) in [6.45, 7) is 4.93. The predicted molar refractivity (Wildman–Crippen MR) is 131 cm³/mol. The van der Waals surface area contributed by atoms with Crippen LogP contribution in [0.3, 0.4) is 0 Å². The Labute approximate surface area is 217 Å². The molecule has 0 aromatic heterocycles. The fraction of sp³-hybridized carbons (Fsp3) is 0.280. The molecule has 1 atom stereocenters. The Balaban J connectivity index is 2.88. The number of alkyl halides is 3. The molecule has 0 bridgehead atoms. The van der Waals surface area contributed by atoms with Crippen LogP contribution < -0.4 is 10.6 Å². The Kier molecular flexibility index (Phi) is 9.83. The first-order chi connectivity index (χ1) is 17.9. The highest BCUT2D eigenvalue weighted by Gasteiger charge is 2.45. The number of amides is 2. The van der Waals surface area contributed by atoms with E-state index in [9.17, 15) is 28.0 Å². The smallest absolute Gasteiger partial charge is 0.416 e. The molecule has 0 saturated heterocycles. The summed E-state index contributed by atoms with van der Waals surface area (Å²) in [6, 6.07) is 3.23. The Hall–Kier alpha value is -4.57. The van der Waals surface area contributed by atoms with E-state index in [2.05, 4.69) is 6.58 Å². The van der Waals surface area contributed by atoms with E-state index in [1.54, 1.807) is 0 Å². The zero-order valence-corrected chi connectivity index (χ0v) is 20.8. The van der Waals surface area contributed by atoms with Crippen molar-refractivity contribution >= 4 is 23.6 Å². The molecule has 0 saturated carbocycles. The van der Waals surface area contributed by atoms with Crippen LogP contribution in [0.15, 0.2) is 71.7 Å². The second kappa shape index (κ2) is 12.6. The standard InChI is InChI=1S/C25H26F3N5O5/c1-5-16(14-29)9-10-19(38-12-11-36-3)21-20(22(34)37-4)15(2)32(23(30)33(21)24(31)35)18-8-6-7-17(13-18)25(26,27)28/h5-10,13,21,30H,1,11-12H2,2-4H3,(H2,31,35)/b16-9+,19-10-,30-23?. The monoisotopic (exact) mass is 533 g/mol. The van der Waals surface area contributed by atoms with Gasteiger partial charge in [0.25, 0.3) is 0 Å². The largest absolute Gasteiger partial charge is 0.493 e. The third-order valence-corrected chi connectivity index (χ3v) is 5.37. The lowest BCUT2D eigenvalue weighted by Gasteiger charge is -2.43. The number of urea groups is 1. The molecule has 0 fully saturated rings. The molecule has 1 unspecified atom stereocenters. The molecule has 13 heteroatoms. The van der Waals surface area contributed by atoms with E-state index in [4.69, 9.17) is 25.4 Å². The van der Waals surface area contributed by atoms with Gasteiger partial charge < -0.3 is 19.9 Å². The van der Waals surface area contributed by atoms with Crippen molar-refractivity contribution in [1.29, 1.82) is 10.7 Å². The van der Waals surface area contributed by atoms with Gasteiger partial charge in [0.15, 0.2) is 0 Å². The van der Waals surface area contributed by atoms with Crippen LogP contribution >= 0.6 is 0 Å². The number of hydrogen-bond acceptors (Lipinski definition) is 7. The van der Waals surface area contributed by atoms with Gasteiger partial charge in [0.2, 0.25) is 5.96 Å². The van der Waals surface area contributed by atoms with Gasteiger partial charge in [-0.1, -0.05) is 18.7 Å². The van der Waals surface area contributed by atoms with Crippen molar-refractivity contribution in [1.82, 2.24) is 4.90 Å². The van der Waals surface area contributed by atoms with E-state index in [0.29, 0.717) is 4.90 Å². The van der Waals surface area contributed by atoms with Gasteiger partial charge in [-0.15, -0.1) is 0 Å². The van der Waals surface area contributed by atoms with E-state index in [1.165, 1.54) is 38.3 Å². The molecule has 1 aliphatic rings. The number of allylic oxidation sites excluding steroid dienone is 5. The third kappa shape index (κ3) is 6.40. The first-order valence-electron chi connectivity index (χ1n) is 10.9. The predicted octanol–water partition coefficient (Wildman–Crippen LogP) is 3.84. The van der Waals surface area contributed by atoms with E-state index in [-0.39, 0.29) is 41.5 Å². The van der Waals surface area contributed by atoms with E-state index in [0.717, 1.165) is 30.2 Å². The normalized spacial score (nSPS) is 16.8. The summed E-state index contributed by atoms with van der Waals surface area (Å²) >= 11 is 0. The Morgan fingerprint density at radius 1 is 1.26 bits per heavy atom.